The molecule has 0 spiro atoms. The van der Waals surface area contributed by atoms with Crippen LogP contribution in [0.4, 0.5) is 0 Å². The van der Waals surface area contributed by atoms with E-state index in [2.05, 4.69) is 32.3 Å². The Balaban J connectivity index is 0.00000324. The summed E-state index contributed by atoms with van der Waals surface area (Å²) < 4.78 is 5.20. The van der Waals surface area contributed by atoms with Crippen LogP contribution in [-0.2, 0) is 12.0 Å². The summed E-state index contributed by atoms with van der Waals surface area (Å²) in [6, 6.07) is 0. The molecule has 1 aromatic rings. The summed E-state index contributed by atoms with van der Waals surface area (Å²) in [5.74, 6) is 1.92. The number of hydrogen-bond acceptors (Lipinski definition) is 4. The number of aliphatic imine (C=N–C) groups is 1. The second-order valence-corrected chi connectivity index (χ2v) is 4.86. The van der Waals surface area contributed by atoms with E-state index < -0.39 is 0 Å². The molecule has 0 aliphatic heterocycles. The summed E-state index contributed by atoms with van der Waals surface area (Å²) in [5.41, 5.74) is -0.131. The van der Waals surface area contributed by atoms with Crippen LogP contribution in [-0.4, -0.2) is 29.7 Å². The molecule has 0 bridgehead atoms. The summed E-state index contributed by atoms with van der Waals surface area (Å²) in [4.78, 5) is 8.38. The first kappa shape index (κ1) is 17.9. The lowest BCUT2D eigenvalue weighted by atomic mass is 9.97. The van der Waals surface area contributed by atoms with Crippen molar-refractivity contribution in [3.05, 3.63) is 24.4 Å². The van der Waals surface area contributed by atoms with Gasteiger partial charge in [0.05, 0.1) is 6.54 Å². The van der Waals surface area contributed by atoms with E-state index in [1.165, 1.54) is 0 Å². The molecule has 0 saturated heterocycles. The summed E-state index contributed by atoms with van der Waals surface area (Å²) in [7, 11) is 1.70. The Hall–Kier alpha value is -1.12. The molecular weight excluding hydrogens is 357 g/mol. The van der Waals surface area contributed by atoms with Gasteiger partial charge in [0.1, 0.15) is 0 Å². The number of guanidine groups is 1. The number of nitrogens with one attached hydrogen (secondary N) is 2. The maximum Gasteiger partial charge on any atom is 0.232 e. The molecule has 0 fully saturated rings. The maximum atomic E-state index is 5.20. The van der Waals surface area contributed by atoms with Crippen LogP contribution < -0.4 is 10.6 Å². The molecule has 0 unspecified atom stereocenters. The van der Waals surface area contributed by atoms with E-state index >= 15 is 0 Å². The summed E-state index contributed by atoms with van der Waals surface area (Å²) in [6.45, 7) is 10.8. The summed E-state index contributed by atoms with van der Waals surface area (Å²) in [6.07, 6.45) is 1.76. The molecule has 0 aliphatic rings. The number of hydrogen-bond donors (Lipinski definition) is 2. The van der Waals surface area contributed by atoms with Crippen LogP contribution in [0, 0.1) is 0 Å². The largest absolute Gasteiger partial charge is 0.353 e. The number of aromatic nitrogens is 2. The Labute approximate surface area is 131 Å². The molecule has 2 N–H and O–H groups in total. The van der Waals surface area contributed by atoms with Crippen molar-refractivity contribution in [2.24, 2.45) is 4.99 Å². The second kappa shape index (κ2) is 8.13. The zero-order valence-corrected chi connectivity index (χ0v) is 14.2. The number of rotatable bonds is 4. The van der Waals surface area contributed by atoms with Gasteiger partial charge in [0.25, 0.3) is 0 Å². The van der Waals surface area contributed by atoms with Gasteiger partial charge >= 0.3 is 0 Å². The first-order valence-corrected chi connectivity index (χ1v) is 5.86. The SMILES string of the molecule is C=CCNC(=NC)NCc1noc(C(C)(C)C)n1.I. The highest BCUT2D eigenvalue weighted by atomic mass is 127. The quantitative estimate of drug-likeness (QED) is 0.361. The van der Waals surface area contributed by atoms with Gasteiger partial charge in [0.15, 0.2) is 11.8 Å². The molecule has 0 atom stereocenters. The van der Waals surface area contributed by atoms with E-state index in [9.17, 15) is 0 Å². The van der Waals surface area contributed by atoms with Crippen molar-refractivity contribution in [1.29, 1.82) is 0 Å². The van der Waals surface area contributed by atoms with E-state index in [1.54, 1.807) is 13.1 Å². The Morgan fingerprint density at radius 2 is 2.11 bits per heavy atom. The molecular formula is C12H22IN5O. The predicted molar refractivity (Wildman–Crippen MR) is 86.8 cm³/mol. The van der Waals surface area contributed by atoms with Crippen LogP contribution >= 0.6 is 24.0 Å². The van der Waals surface area contributed by atoms with E-state index in [0.29, 0.717) is 30.8 Å². The van der Waals surface area contributed by atoms with Gasteiger partial charge in [-0.1, -0.05) is 32.0 Å². The second-order valence-electron chi connectivity index (χ2n) is 4.86. The molecule has 0 aliphatic carbocycles. The van der Waals surface area contributed by atoms with Crippen LogP contribution in [0.25, 0.3) is 0 Å². The molecule has 1 rings (SSSR count). The lowest BCUT2D eigenvalue weighted by Gasteiger charge is -2.10. The lowest BCUT2D eigenvalue weighted by Crippen LogP contribution is -2.37. The normalized spacial score (nSPS) is 11.7. The summed E-state index contributed by atoms with van der Waals surface area (Å²) >= 11 is 0. The third kappa shape index (κ3) is 6.04. The van der Waals surface area contributed by atoms with Crippen LogP contribution in [0.15, 0.2) is 22.2 Å². The molecule has 108 valence electrons. The molecule has 1 heterocycles. The zero-order valence-electron chi connectivity index (χ0n) is 11.9. The van der Waals surface area contributed by atoms with Crippen LogP contribution in [0.5, 0.6) is 0 Å². The van der Waals surface area contributed by atoms with Gasteiger partial charge in [-0.2, -0.15) is 4.98 Å². The minimum atomic E-state index is -0.131. The third-order valence-corrected chi connectivity index (χ3v) is 2.16. The molecule has 6 nitrogen and oxygen atoms in total. The van der Waals surface area contributed by atoms with Gasteiger partial charge in [0, 0.05) is 19.0 Å². The first-order valence-electron chi connectivity index (χ1n) is 5.86. The first-order chi connectivity index (χ1) is 8.47. The van der Waals surface area contributed by atoms with E-state index in [1.807, 2.05) is 20.8 Å². The van der Waals surface area contributed by atoms with Gasteiger partial charge in [-0.3, -0.25) is 4.99 Å². The fourth-order valence-corrected chi connectivity index (χ4v) is 1.18. The van der Waals surface area contributed by atoms with Gasteiger partial charge in [-0.15, -0.1) is 30.6 Å². The summed E-state index contributed by atoms with van der Waals surface area (Å²) in [5, 5.41) is 10.1. The maximum absolute atomic E-state index is 5.20. The van der Waals surface area contributed by atoms with Gasteiger partial charge in [-0.25, -0.2) is 0 Å². The average Bonchev–Trinajstić information content (AvgIpc) is 2.78. The molecule has 19 heavy (non-hydrogen) atoms. The molecule has 0 amide bonds. The van der Waals surface area contributed by atoms with Crippen molar-refractivity contribution < 1.29 is 4.52 Å². The number of halogens is 1. The highest BCUT2D eigenvalue weighted by Gasteiger charge is 2.21. The minimum absolute atomic E-state index is 0. The Kier molecular flexibility index (Phi) is 7.65. The van der Waals surface area contributed by atoms with Crippen molar-refractivity contribution in [2.45, 2.75) is 32.7 Å². The van der Waals surface area contributed by atoms with Crippen LogP contribution in [0.2, 0.25) is 0 Å². The van der Waals surface area contributed by atoms with E-state index in [-0.39, 0.29) is 29.4 Å². The Morgan fingerprint density at radius 1 is 1.42 bits per heavy atom. The van der Waals surface area contributed by atoms with Crippen molar-refractivity contribution in [2.75, 3.05) is 13.6 Å². The smallest absolute Gasteiger partial charge is 0.232 e. The molecule has 7 heteroatoms. The van der Waals surface area contributed by atoms with Crippen LogP contribution in [0.3, 0.4) is 0 Å². The van der Waals surface area contributed by atoms with Gasteiger partial charge in [0.2, 0.25) is 5.89 Å². The van der Waals surface area contributed by atoms with Crippen molar-refractivity contribution in [3.8, 4) is 0 Å². The van der Waals surface area contributed by atoms with Crippen molar-refractivity contribution in [1.82, 2.24) is 20.8 Å². The predicted octanol–water partition coefficient (Wildman–Crippen LogP) is 1.84. The highest BCUT2D eigenvalue weighted by Crippen LogP contribution is 2.19. The van der Waals surface area contributed by atoms with E-state index in [4.69, 9.17) is 4.52 Å². The molecule has 0 radical (unpaired) electrons. The Bertz CT molecular complexity index is 422. The molecule has 1 aromatic heterocycles. The highest BCUT2D eigenvalue weighted by molar-refractivity contribution is 14.0. The van der Waals surface area contributed by atoms with Crippen molar-refractivity contribution in [3.63, 3.8) is 0 Å². The zero-order chi connectivity index (χ0) is 13.6. The standard InChI is InChI=1S/C12H21N5O.HI/c1-6-7-14-11(13-5)15-8-9-16-10(18-17-9)12(2,3)4;/h6H,1,7-8H2,2-5H3,(H2,13,14,15);1H. The topological polar surface area (TPSA) is 75.3 Å². The molecule has 0 saturated carbocycles. The monoisotopic (exact) mass is 379 g/mol. The van der Waals surface area contributed by atoms with Gasteiger partial charge < -0.3 is 15.2 Å². The fraction of sp³-hybridized carbons (Fsp3) is 0.583. The van der Waals surface area contributed by atoms with E-state index in [0.717, 1.165) is 0 Å². The number of nitrogens with zero attached hydrogens (tertiary/aromatic N) is 3. The lowest BCUT2D eigenvalue weighted by molar-refractivity contribution is 0.318. The fourth-order valence-electron chi connectivity index (χ4n) is 1.18. The average molecular weight is 379 g/mol. The Morgan fingerprint density at radius 3 is 2.58 bits per heavy atom. The molecule has 0 aromatic carbocycles. The van der Waals surface area contributed by atoms with Gasteiger partial charge in [-0.05, 0) is 0 Å². The van der Waals surface area contributed by atoms with Crippen LogP contribution in [0.1, 0.15) is 32.5 Å². The minimum Gasteiger partial charge on any atom is -0.353 e. The third-order valence-electron chi connectivity index (χ3n) is 2.16. The van der Waals surface area contributed by atoms with Crippen molar-refractivity contribution >= 4 is 29.9 Å².